The molecule has 1 atom stereocenters. The number of hydrogen-bond donors (Lipinski definition) is 3. The summed E-state index contributed by atoms with van der Waals surface area (Å²) in [4.78, 5) is 11.3. The molecular weight excluding hydrogens is 234 g/mol. The first-order chi connectivity index (χ1) is 8.72. The molecule has 0 heterocycles. The van der Waals surface area contributed by atoms with Gasteiger partial charge in [-0.25, -0.2) is 4.79 Å². The largest absolute Gasteiger partial charge is 0.445 e. The summed E-state index contributed by atoms with van der Waals surface area (Å²) in [6.45, 7) is 0.412. The minimum absolute atomic E-state index is 0.242. The smallest absolute Gasteiger partial charge is 0.407 e. The van der Waals surface area contributed by atoms with Crippen molar-refractivity contribution in [1.82, 2.24) is 5.32 Å². The highest BCUT2D eigenvalue weighted by molar-refractivity contribution is 5.67. The summed E-state index contributed by atoms with van der Waals surface area (Å²) in [5.41, 5.74) is 0.934. The maximum Gasteiger partial charge on any atom is 0.407 e. The molecule has 0 aliphatic heterocycles. The molecule has 1 amide bonds. The lowest BCUT2D eigenvalue weighted by Crippen LogP contribution is -2.26. The van der Waals surface area contributed by atoms with Crippen molar-refractivity contribution in [3.05, 3.63) is 35.9 Å². The highest BCUT2D eigenvalue weighted by Crippen LogP contribution is 2.00. The molecule has 0 saturated carbocycles. The molecular formula is C13H19NO4. The predicted octanol–water partition coefficient (Wildman–Crippen LogP) is 1.05. The summed E-state index contributed by atoms with van der Waals surface area (Å²) >= 11 is 0. The lowest BCUT2D eigenvalue weighted by molar-refractivity contribution is 0.0861. The van der Waals surface area contributed by atoms with E-state index < -0.39 is 12.2 Å². The zero-order valence-corrected chi connectivity index (χ0v) is 10.2. The number of aliphatic hydroxyl groups is 2. The first kappa shape index (κ1) is 14.5. The van der Waals surface area contributed by atoms with Crippen LogP contribution in [-0.4, -0.2) is 35.6 Å². The number of aliphatic hydroxyl groups excluding tert-OH is 2. The predicted molar refractivity (Wildman–Crippen MR) is 67.0 cm³/mol. The van der Waals surface area contributed by atoms with E-state index in [-0.39, 0.29) is 13.2 Å². The third-order valence-electron chi connectivity index (χ3n) is 2.41. The fraction of sp³-hybridized carbons (Fsp3) is 0.462. The van der Waals surface area contributed by atoms with E-state index in [0.717, 1.165) is 5.56 Å². The van der Waals surface area contributed by atoms with Crippen LogP contribution in [0.4, 0.5) is 4.79 Å². The van der Waals surface area contributed by atoms with Gasteiger partial charge in [0.05, 0.1) is 12.7 Å². The first-order valence-electron chi connectivity index (χ1n) is 5.96. The second-order valence-corrected chi connectivity index (χ2v) is 3.97. The van der Waals surface area contributed by atoms with Crippen LogP contribution in [0.25, 0.3) is 0 Å². The standard InChI is InChI=1S/C13H19NO4/c15-9-12(16)7-4-8-14-13(17)18-10-11-5-2-1-3-6-11/h1-3,5-6,12,15-16H,4,7-10H2,(H,14,17)/t12-/m0/s1. The summed E-state index contributed by atoms with van der Waals surface area (Å²) in [7, 11) is 0. The number of carbonyl (C=O) groups excluding carboxylic acids is 1. The van der Waals surface area contributed by atoms with Crippen LogP contribution < -0.4 is 5.32 Å². The van der Waals surface area contributed by atoms with Crippen molar-refractivity contribution in [2.45, 2.75) is 25.6 Å². The molecule has 0 aliphatic carbocycles. The molecule has 5 heteroatoms. The number of nitrogens with one attached hydrogen (secondary N) is 1. The van der Waals surface area contributed by atoms with Gasteiger partial charge in [-0.1, -0.05) is 30.3 Å². The fourth-order valence-electron chi connectivity index (χ4n) is 1.39. The molecule has 0 radical (unpaired) electrons. The van der Waals surface area contributed by atoms with Crippen LogP contribution in [-0.2, 0) is 11.3 Å². The second-order valence-electron chi connectivity index (χ2n) is 3.97. The van der Waals surface area contributed by atoms with Gasteiger partial charge in [0.1, 0.15) is 6.61 Å². The van der Waals surface area contributed by atoms with Crippen LogP contribution in [0.1, 0.15) is 18.4 Å². The maximum atomic E-state index is 11.3. The molecule has 0 aliphatic rings. The van der Waals surface area contributed by atoms with E-state index in [4.69, 9.17) is 14.9 Å². The van der Waals surface area contributed by atoms with Gasteiger partial charge >= 0.3 is 6.09 Å². The molecule has 1 rings (SSSR count). The number of ether oxygens (including phenoxy) is 1. The van der Waals surface area contributed by atoms with E-state index in [2.05, 4.69) is 5.32 Å². The third-order valence-corrected chi connectivity index (χ3v) is 2.41. The quantitative estimate of drug-likeness (QED) is 0.635. The van der Waals surface area contributed by atoms with E-state index in [0.29, 0.717) is 19.4 Å². The number of hydrogen-bond acceptors (Lipinski definition) is 4. The average Bonchev–Trinajstić information content (AvgIpc) is 2.42. The lowest BCUT2D eigenvalue weighted by atomic mass is 10.2. The molecule has 1 aromatic carbocycles. The van der Waals surface area contributed by atoms with Crippen molar-refractivity contribution < 1.29 is 19.7 Å². The van der Waals surface area contributed by atoms with Crippen molar-refractivity contribution in [1.29, 1.82) is 0 Å². The maximum absolute atomic E-state index is 11.3. The normalized spacial score (nSPS) is 11.9. The van der Waals surface area contributed by atoms with Gasteiger partial charge in [0.25, 0.3) is 0 Å². The number of rotatable bonds is 7. The Hall–Kier alpha value is -1.59. The Labute approximate surface area is 106 Å². The summed E-state index contributed by atoms with van der Waals surface area (Å²) < 4.78 is 5.00. The summed E-state index contributed by atoms with van der Waals surface area (Å²) in [6, 6.07) is 9.42. The zero-order chi connectivity index (χ0) is 13.2. The van der Waals surface area contributed by atoms with Crippen LogP contribution in [0.5, 0.6) is 0 Å². The molecule has 100 valence electrons. The SMILES string of the molecule is O=C(NCCC[C@H](O)CO)OCc1ccccc1. The number of carbonyl (C=O) groups is 1. The summed E-state index contributed by atoms with van der Waals surface area (Å²) in [5, 5.41) is 20.3. The van der Waals surface area contributed by atoms with Crippen molar-refractivity contribution in [2.75, 3.05) is 13.2 Å². The Morgan fingerprint density at radius 1 is 1.33 bits per heavy atom. The Morgan fingerprint density at radius 2 is 2.06 bits per heavy atom. The van der Waals surface area contributed by atoms with Crippen molar-refractivity contribution in [3.63, 3.8) is 0 Å². The monoisotopic (exact) mass is 253 g/mol. The van der Waals surface area contributed by atoms with Gasteiger partial charge in [0, 0.05) is 6.54 Å². The lowest BCUT2D eigenvalue weighted by Gasteiger charge is -2.08. The second kappa shape index (κ2) is 8.49. The van der Waals surface area contributed by atoms with Gasteiger partial charge < -0.3 is 20.3 Å². The Morgan fingerprint density at radius 3 is 2.72 bits per heavy atom. The first-order valence-corrected chi connectivity index (χ1v) is 5.96. The van der Waals surface area contributed by atoms with E-state index >= 15 is 0 Å². The van der Waals surface area contributed by atoms with Crippen molar-refractivity contribution >= 4 is 6.09 Å². The van der Waals surface area contributed by atoms with Crippen LogP contribution in [0.15, 0.2) is 30.3 Å². The molecule has 18 heavy (non-hydrogen) atoms. The molecule has 1 aromatic rings. The Kier molecular flexibility index (Phi) is 6.83. The van der Waals surface area contributed by atoms with Crippen LogP contribution in [0.2, 0.25) is 0 Å². The Balaban J connectivity index is 2.07. The van der Waals surface area contributed by atoms with Crippen LogP contribution in [0.3, 0.4) is 0 Å². The molecule has 0 fully saturated rings. The van der Waals surface area contributed by atoms with E-state index in [1.165, 1.54) is 0 Å². The van der Waals surface area contributed by atoms with Crippen LogP contribution >= 0.6 is 0 Å². The molecule has 0 saturated heterocycles. The highest BCUT2D eigenvalue weighted by atomic mass is 16.5. The van der Waals surface area contributed by atoms with Crippen molar-refractivity contribution in [2.24, 2.45) is 0 Å². The molecule has 0 bridgehead atoms. The number of benzene rings is 1. The average molecular weight is 253 g/mol. The van der Waals surface area contributed by atoms with Gasteiger partial charge in [-0.05, 0) is 18.4 Å². The van der Waals surface area contributed by atoms with E-state index in [1.54, 1.807) is 0 Å². The Bertz CT molecular complexity index is 342. The number of alkyl carbamates (subject to hydrolysis) is 1. The summed E-state index contributed by atoms with van der Waals surface area (Å²) in [6.07, 6.45) is -0.137. The summed E-state index contributed by atoms with van der Waals surface area (Å²) in [5.74, 6) is 0. The van der Waals surface area contributed by atoms with Gasteiger partial charge in [-0.2, -0.15) is 0 Å². The van der Waals surface area contributed by atoms with Crippen LogP contribution in [0, 0.1) is 0 Å². The molecule has 0 spiro atoms. The van der Waals surface area contributed by atoms with Crippen molar-refractivity contribution in [3.8, 4) is 0 Å². The topological polar surface area (TPSA) is 78.8 Å². The molecule has 0 aromatic heterocycles. The zero-order valence-electron chi connectivity index (χ0n) is 10.2. The van der Waals surface area contributed by atoms with Gasteiger partial charge in [0.15, 0.2) is 0 Å². The van der Waals surface area contributed by atoms with Gasteiger partial charge in [0.2, 0.25) is 0 Å². The van der Waals surface area contributed by atoms with Gasteiger partial charge in [-0.3, -0.25) is 0 Å². The minimum atomic E-state index is -0.716. The fourth-order valence-corrected chi connectivity index (χ4v) is 1.39. The van der Waals surface area contributed by atoms with Gasteiger partial charge in [-0.15, -0.1) is 0 Å². The minimum Gasteiger partial charge on any atom is -0.445 e. The third kappa shape index (κ3) is 6.22. The van der Waals surface area contributed by atoms with E-state index in [1.807, 2.05) is 30.3 Å². The number of amides is 1. The molecule has 0 unspecified atom stereocenters. The highest BCUT2D eigenvalue weighted by Gasteiger charge is 2.04. The van der Waals surface area contributed by atoms with E-state index in [9.17, 15) is 4.79 Å². The molecule has 3 N–H and O–H groups in total. The molecule has 5 nitrogen and oxygen atoms in total.